The molecule has 0 spiro atoms. The number of hydrogen-bond donors (Lipinski definition) is 1. The SMILES string of the molecule is O=S(=O)(CC1CCNCC1)c1ccc(Cl)cc1Cl. The molecule has 0 bridgehead atoms. The van der Waals surface area contributed by atoms with Crippen molar-refractivity contribution in [1.29, 1.82) is 0 Å². The van der Waals surface area contributed by atoms with Crippen LogP contribution in [0.1, 0.15) is 12.8 Å². The van der Waals surface area contributed by atoms with Gasteiger partial charge in [-0.1, -0.05) is 23.2 Å². The average molecular weight is 308 g/mol. The summed E-state index contributed by atoms with van der Waals surface area (Å²) in [6, 6.07) is 4.52. The van der Waals surface area contributed by atoms with Gasteiger partial charge in [-0.25, -0.2) is 8.42 Å². The van der Waals surface area contributed by atoms with Crippen LogP contribution in [-0.4, -0.2) is 27.3 Å². The van der Waals surface area contributed by atoms with Gasteiger partial charge in [0.25, 0.3) is 0 Å². The maximum Gasteiger partial charge on any atom is 0.180 e. The number of piperidine rings is 1. The van der Waals surface area contributed by atoms with Crippen LogP contribution in [0.3, 0.4) is 0 Å². The van der Waals surface area contributed by atoms with Crippen LogP contribution in [0.5, 0.6) is 0 Å². The zero-order chi connectivity index (χ0) is 13.2. The predicted octanol–water partition coefficient (Wildman–Crippen LogP) is 2.77. The Morgan fingerprint density at radius 3 is 2.50 bits per heavy atom. The molecular formula is C12H15Cl2NO2S. The van der Waals surface area contributed by atoms with E-state index in [0.717, 1.165) is 25.9 Å². The minimum Gasteiger partial charge on any atom is -0.317 e. The van der Waals surface area contributed by atoms with Crippen molar-refractivity contribution in [2.24, 2.45) is 5.92 Å². The third kappa shape index (κ3) is 3.38. The summed E-state index contributed by atoms with van der Waals surface area (Å²) in [5.41, 5.74) is 0. The highest BCUT2D eigenvalue weighted by molar-refractivity contribution is 7.91. The van der Waals surface area contributed by atoms with E-state index in [1.807, 2.05) is 0 Å². The molecule has 0 saturated carbocycles. The normalized spacial score (nSPS) is 17.9. The standard InChI is InChI=1S/C12H15Cl2NO2S/c13-10-1-2-12(11(14)7-10)18(16,17)8-9-3-5-15-6-4-9/h1-2,7,9,15H,3-6,8H2. The van der Waals surface area contributed by atoms with Crippen LogP contribution < -0.4 is 5.32 Å². The highest BCUT2D eigenvalue weighted by Crippen LogP contribution is 2.28. The van der Waals surface area contributed by atoms with Gasteiger partial charge in [-0.05, 0) is 50.0 Å². The summed E-state index contributed by atoms with van der Waals surface area (Å²) < 4.78 is 24.6. The Labute approximate surface area is 117 Å². The Balaban J connectivity index is 2.19. The molecule has 0 aliphatic carbocycles. The summed E-state index contributed by atoms with van der Waals surface area (Å²) >= 11 is 11.7. The van der Waals surface area contributed by atoms with Crippen molar-refractivity contribution in [2.75, 3.05) is 18.8 Å². The molecule has 18 heavy (non-hydrogen) atoms. The van der Waals surface area contributed by atoms with Gasteiger partial charge in [-0.3, -0.25) is 0 Å². The van der Waals surface area contributed by atoms with Crippen molar-refractivity contribution >= 4 is 33.0 Å². The van der Waals surface area contributed by atoms with Gasteiger partial charge in [0.05, 0.1) is 15.7 Å². The quantitative estimate of drug-likeness (QED) is 0.934. The molecule has 2 rings (SSSR count). The fraction of sp³-hybridized carbons (Fsp3) is 0.500. The monoisotopic (exact) mass is 307 g/mol. The van der Waals surface area contributed by atoms with Gasteiger partial charge in [0.1, 0.15) is 0 Å². The topological polar surface area (TPSA) is 46.2 Å². The third-order valence-electron chi connectivity index (χ3n) is 3.14. The van der Waals surface area contributed by atoms with Gasteiger partial charge in [-0.2, -0.15) is 0 Å². The number of nitrogens with one attached hydrogen (secondary N) is 1. The summed E-state index contributed by atoms with van der Waals surface area (Å²) in [6.45, 7) is 1.77. The van der Waals surface area contributed by atoms with Crippen molar-refractivity contribution in [2.45, 2.75) is 17.7 Å². The van der Waals surface area contributed by atoms with Crippen LogP contribution in [0.15, 0.2) is 23.1 Å². The van der Waals surface area contributed by atoms with Gasteiger partial charge in [0.2, 0.25) is 0 Å². The van der Waals surface area contributed by atoms with Gasteiger partial charge < -0.3 is 5.32 Å². The molecule has 1 aromatic carbocycles. The van der Waals surface area contributed by atoms with E-state index in [0.29, 0.717) is 5.02 Å². The van der Waals surface area contributed by atoms with Crippen molar-refractivity contribution in [3.05, 3.63) is 28.2 Å². The summed E-state index contributed by atoms with van der Waals surface area (Å²) in [4.78, 5) is 0.187. The van der Waals surface area contributed by atoms with Crippen LogP contribution >= 0.6 is 23.2 Å². The molecule has 1 heterocycles. The van der Waals surface area contributed by atoms with Crippen molar-refractivity contribution in [1.82, 2.24) is 5.32 Å². The number of rotatable bonds is 3. The largest absolute Gasteiger partial charge is 0.317 e. The zero-order valence-electron chi connectivity index (χ0n) is 9.83. The van der Waals surface area contributed by atoms with Crippen LogP contribution in [0.25, 0.3) is 0 Å². The third-order valence-corrected chi connectivity index (χ3v) is 5.74. The number of benzene rings is 1. The van der Waals surface area contributed by atoms with Gasteiger partial charge in [0.15, 0.2) is 9.84 Å². The first-order valence-electron chi connectivity index (χ1n) is 5.87. The summed E-state index contributed by atoms with van der Waals surface area (Å²) in [5.74, 6) is 0.374. The van der Waals surface area contributed by atoms with Crippen LogP contribution in [0, 0.1) is 5.92 Å². The molecule has 1 aromatic rings. The second-order valence-corrected chi connectivity index (χ2v) is 7.40. The highest BCUT2D eigenvalue weighted by atomic mass is 35.5. The second kappa shape index (κ2) is 5.78. The predicted molar refractivity (Wildman–Crippen MR) is 74.1 cm³/mol. The Morgan fingerprint density at radius 2 is 1.89 bits per heavy atom. The van der Waals surface area contributed by atoms with Crippen LogP contribution in [0.2, 0.25) is 10.0 Å². The fourth-order valence-corrected chi connectivity index (χ4v) is 4.70. The summed E-state index contributed by atoms with van der Waals surface area (Å²) in [6.07, 6.45) is 1.79. The smallest absolute Gasteiger partial charge is 0.180 e. The van der Waals surface area contributed by atoms with Gasteiger partial charge >= 0.3 is 0 Å². The molecule has 0 atom stereocenters. The van der Waals surface area contributed by atoms with E-state index in [2.05, 4.69) is 5.32 Å². The molecule has 1 N–H and O–H groups in total. The first-order valence-corrected chi connectivity index (χ1v) is 8.28. The Morgan fingerprint density at radius 1 is 1.22 bits per heavy atom. The molecule has 0 radical (unpaired) electrons. The molecule has 0 aromatic heterocycles. The lowest BCUT2D eigenvalue weighted by Gasteiger charge is -2.22. The maximum absolute atomic E-state index is 12.3. The lowest BCUT2D eigenvalue weighted by atomic mass is 10.0. The molecule has 1 aliphatic rings. The fourth-order valence-electron chi connectivity index (χ4n) is 2.18. The molecule has 100 valence electrons. The van der Waals surface area contributed by atoms with E-state index in [1.165, 1.54) is 12.1 Å². The van der Waals surface area contributed by atoms with E-state index in [9.17, 15) is 8.42 Å². The lowest BCUT2D eigenvalue weighted by molar-refractivity contribution is 0.401. The Hall–Kier alpha value is -0.290. The molecule has 3 nitrogen and oxygen atoms in total. The van der Waals surface area contributed by atoms with E-state index < -0.39 is 9.84 Å². The first-order chi connectivity index (χ1) is 8.49. The van der Waals surface area contributed by atoms with Crippen molar-refractivity contribution < 1.29 is 8.42 Å². The minimum atomic E-state index is -3.33. The van der Waals surface area contributed by atoms with Crippen molar-refractivity contribution in [3.63, 3.8) is 0 Å². The average Bonchev–Trinajstić information content (AvgIpc) is 2.29. The van der Waals surface area contributed by atoms with Gasteiger partial charge in [0, 0.05) is 5.02 Å². The number of sulfone groups is 1. The Bertz CT molecular complexity index is 525. The molecule has 1 saturated heterocycles. The highest BCUT2D eigenvalue weighted by Gasteiger charge is 2.24. The number of halogens is 2. The van der Waals surface area contributed by atoms with E-state index in [-0.39, 0.29) is 21.6 Å². The first kappa shape index (κ1) is 14.1. The van der Waals surface area contributed by atoms with Crippen LogP contribution in [-0.2, 0) is 9.84 Å². The molecule has 1 fully saturated rings. The van der Waals surface area contributed by atoms with Crippen molar-refractivity contribution in [3.8, 4) is 0 Å². The summed E-state index contributed by atoms with van der Waals surface area (Å²) in [5, 5.41) is 3.87. The molecular weight excluding hydrogens is 293 g/mol. The molecule has 0 unspecified atom stereocenters. The molecule has 6 heteroatoms. The second-order valence-electron chi connectivity index (χ2n) is 4.55. The molecule has 0 amide bonds. The summed E-state index contributed by atoms with van der Waals surface area (Å²) in [7, 11) is -3.33. The minimum absolute atomic E-state index is 0.163. The lowest BCUT2D eigenvalue weighted by Crippen LogP contribution is -2.31. The zero-order valence-corrected chi connectivity index (χ0v) is 12.2. The molecule has 1 aliphatic heterocycles. The van der Waals surface area contributed by atoms with E-state index in [1.54, 1.807) is 6.07 Å². The van der Waals surface area contributed by atoms with E-state index in [4.69, 9.17) is 23.2 Å². The number of hydrogen-bond acceptors (Lipinski definition) is 3. The van der Waals surface area contributed by atoms with E-state index >= 15 is 0 Å². The Kier molecular flexibility index (Phi) is 4.54. The maximum atomic E-state index is 12.3. The van der Waals surface area contributed by atoms with Gasteiger partial charge in [-0.15, -0.1) is 0 Å². The van der Waals surface area contributed by atoms with Crippen LogP contribution in [0.4, 0.5) is 0 Å².